The van der Waals surface area contributed by atoms with Crippen LogP contribution in [0.5, 0.6) is 0 Å². The van der Waals surface area contributed by atoms with Gasteiger partial charge in [0, 0.05) is 23.2 Å². The van der Waals surface area contributed by atoms with Crippen LogP contribution >= 0.6 is 0 Å². The van der Waals surface area contributed by atoms with Gasteiger partial charge in [-0.05, 0) is 36.6 Å². The van der Waals surface area contributed by atoms with Gasteiger partial charge < -0.3 is 0 Å². The number of rotatable bonds is 2. The second-order valence-corrected chi connectivity index (χ2v) is 5.25. The Bertz CT molecular complexity index is 832. The first-order valence-electron chi connectivity index (χ1n) is 6.90. The molecule has 20 heavy (non-hydrogen) atoms. The lowest BCUT2D eigenvalue weighted by Gasteiger charge is -2.11. The van der Waals surface area contributed by atoms with Gasteiger partial charge in [0.05, 0.1) is 0 Å². The molecule has 1 fully saturated rings. The van der Waals surface area contributed by atoms with Crippen LogP contribution in [0.2, 0.25) is 0 Å². The molecular formula is C17H14N2O. The van der Waals surface area contributed by atoms with E-state index >= 15 is 0 Å². The van der Waals surface area contributed by atoms with Gasteiger partial charge in [-0.15, -0.1) is 0 Å². The van der Waals surface area contributed by atoms with Crippen molar-refractivity contribution < 1.29 is 0 Å². The molecule has 1 saturated carbocycles. The molecule has 3 heteroatoms. The molecule has 2 heterocycles. The SMILES string of the molecule is O=c1c(-c2ccccc2)cc2cccnc2n1C1CC1. The third-order valence-corrected chi connectivity index (χ3v) is 3.79. The molecular weight excluding hydrogens is 248 g/mol. The van der Waals surface area contributed by atoms with Gasteiger partial charge >= 0.3 is 0 Å². The third-order valence-electron chi connectivity index (χ3n) is 3.79. The van der Waals surface area contributed by atoms with Crippen molar-refractivity contribution in [3.05, 3.63) is 65.1 Å². The Labute approximate surface area is 116 Å². The molecule has 98 valence electrons. The van der Waals surface area contributed by atoms with E-state index in [1.165, 1.54) is 0 Å². The number of pyridine rings is 2. The molecule has 4 rings (SSSR count). The molecule has 0 saturated heterocycles. The average molecular weight is 262 g/mol. The summed E-state index contributed by atoms with van der Waals surface area (Å²) in [4.78, 5) is 17.2. The van der Waals surface area contributed by atoms with Crippen molar-refractivity contribution in [2.75, 3.05) is 0 Å². The van der Waals surface area contributed by atoms with Crippen molar-refractivity contribution >= 4 is 11.0 Å². The minimum absolute atomic E-state index is 0.0740. The summed E-state index contributed by atoms with van der Waals surface area (Å²) in [7, 11) is 0. The number of aromatic nitrogens is 2. The molecule has 3 nitrogen and oxygen atoms in total. The standard InChI is InChI=1S/C17H14N2O/c20-17-15(12-5-2-1-3-6-12)11-13-7-4-10-18-16(13)19(17)14-8-9-14/h1-7,10-11,14H,8-9H2. The average Bonchev–Trinajstić information content (AvgIpc) is 3.32. The van der Waals surface area contributed by atoms with E-state index in [2.05, 4.69) is 4.98 Å². The first-order chi connectivity index (χ1) is 9.84. The van der Waals surface area contributed by atoms with Gasteiger partial charge in [-0.3, -0.25) is 9.36 Å². The maximum absolute atomic E-state index is 12.8. The second-order valence-electron chi connectivity index (χ2n) is 5.25. The summed E-state index contributed by atoms with van der Waals surface area (Å²) in [6, 6.07) is 16.1. The highest BCUT2D eigenvalue weighted by Gasteiger charge is 2.27. The van der Waals surface area contributed by atoms with E-state index in [0.29, 0.717) is 6.04 Å². The number of hydrogen-bond donors (Lipinski definition) is 0. The predicted molar refractivity (Wildman–Crippen MR) is 79.7 cm³/mol. The number of benzene rings is 1. The molecule has 0 amide bonds. The molecule has 0 spiro atoms. The first-order valence-corrected chi connectivity index (χ1v) is 6.90. The summed E-state index contributed by atoms with van der Waals surface area (Å²) in [5, 5.41) is 1.03. The van der Waals surface area contributed by atoms with Crippen molar-refractivity contribution in [2.24, 2.45) is 0 Å². The lowest BCUT2D eigenvalue weighted by atomic mass is 10.1. The maximum Gasteiger partial charge on any atom is 0.260 e. The van der Waals surface area contributed by atoms with Gasteiger partial charge in [0.2, 0.25) is 0 Å². The topological polar surface area (TPSA) is 34.9 Å². The molecule has 0 radical (unpaired) electrons. The second kappa shape index (κ2) is 4.30. The highest BCUT2D eigenvalue weighted by molar-refractivity contribution is 5.81. The van der Waals surface area contributed by atoms with Gasteiger partial charge in [-0.25, -0.2) is 4.98 Å². The van der Waals surface area contributed by atoms with Crippen molar-refractivity contribution in [1.82, 2.24) is 9.55 Å². The third kappa shape index (κ3) is 1.74. The van der Waals surface area contributed by atoms with E-state index in [0.717, 1.165) is 35.0 Å². The van der Waals surface area contributed by atoms with Gasteiger partial charge in [-0.2, -0.15) is 0 Å². The van der Waals surface area contributed by atoms with Crippen LogP contribution in [0.25, 0.3) is 22.2 Å². The van der Waals surface area contributed by atoms with Crippen LogP contribution in [0.4, 0.5) is 0 Å². The predicted octanol–water partition coefficient (Wildman–Crippen LogP) is 3.40. The Morgan fingerprint density at radius 3 is 2.60 bits per heavy atom. The lowest BCUT2D eigenvalue weighted by molar-refractivity contribution is 0.731. The van der Waals surface area contributed by atoms with Crippen molar-refractivity contribution in [1.29, 1.82) is 0 Å². The van der Waals surface area contributed by atoms with E-state index in [1.807, 2.05) is 53.1 Å². The zero-order valence-electron chi connectivity index (χ0n) is 11.0. The largest absolute Gasteiger partial charge is 0.289 e. The normalized spacial score (nSPS) is 14.6. The van der Waals surface area contributed by atoms with E-state index in [4.69, 9.17) is 0 Å². The monoisotopic (exact) mass is 262 g/mol. The summed E-state index contributed by atoms with van der Waals surface area (Å²) in [5.74, 6) is 0. The molecule has 1 aliphatic rings. The molecule has 2 aromatic heterocycles. The smallest absolute Gasteiger partial charge is 0.260 e. The van der Waals surface area contributed by atoms with Crippen molar-refractivity contribution in [3.63, 3.8) is 0 Å². The summed E-state index contributed by atoms with van der Waals surface area (Å²) >= 11 is 0. The summed E-state index contributed by atoms with van der Waals surface area (Å²) in [6.45, 7) is 0. The molecule has 0 bridgehead atoms. The fraction of sp³-hybridized carbons (Fsp3) is 0.176. The van der Waals surface area contributed by atoms with Gasteiger partial charge in [0.1, 0.15) is 5.65 Å². The minimum atomic E-state index is 0.0740. The maximum atomic E-state index is 12.8. The highest BCUT2D eigenvalue weighted by Crippen LogP contribution is 2.36. The van der Waals surface area contributed by atoms with Crippen LogP contribution in [0.1, 0.15) is 18.9 Å². The van der Waals surface area contributed by atoms with Crippen LogP contribution in [-0.4, -0.2) is 9.55 Å². The Balaban J connectivity index is 2.08. The molecule has 3 aromatic rings. The minimum Gasteiger partial charge on any atom is -0.289 e. The summed E-state index contributed by atoms with van der Waals surface area (Å²) in [6.07, 6.45) is 3.90. The van der Waals surface area contributed by atoms with Gasteiger partial charge in [0.25, 0.3) is 5.56 Å². The van der Waals surface area contributed by atoms with Crippen molar-refractivity contribution in [3.8, 4) is 11.1 Å². The fourth-order valence-electron chi connectivity index (χ4n) is 2.66. The van der Waals surface area contributed by atoms with E-state index in [9.17, 15) is 4.79 Å². The Morgan fingerprint density at radius 1 is 1.05 bits per heavy atom. The quantitative estimate of drug-likeness (QED) is 0.709. The number of hydrogen-bond acceptors (Lipinski definition) is 2. The molecule has 1 aliphatic carbocycles. The van der Waals surface area contributed by atoms with E-state index in [1.54, 1.807) is 6.20 Å². The fourth-order valence-corrected chi connectivity index (χ4v) is 2.66. The number of nitrogens with zero attached hydrogens (tertiary/aromatic N) is 2. The van der Waals surface area contributed by atoms with Crippen LogP contribution in [0, 0.1) is 0 Å². The van der Waals surface area contributed by atoms with E-state index in [-0.39, 0.29) is 5.56 Å². The van der Waals surface area contributed by atoms with E-state index < -0.39 is 0 Å². The Kier molecular flexibility index (Phi) is 2.46. The summed E-state index contributed by atoms with van der Waals surface area (Å²) < 4.78 is 1.87. The molecule has 0 N–H and O–H groups in total. The van der Waals surface area contributed by atoms with Crippen LogP contribution in [-0.2, 0) is 0 Å². The van der Waals surface area contributed by atoms with Crippen LogP contribution in [0.3, 0.4) is 0 Å². The number of fused-ring (bicyclic) bond motifs is 1. The Morgan fingerprint density at radius 2 is 1.85 bits per heavy atom. The zero-order chi connectivity index (χ0) is 13.5. The zero-order valence-corrected chi connectivity index (χ0v) is 11.0. The molecule has 0 atom stereocenters. The van der Waals surface area contributed by atoms with Crippen molar-refractivity contribution in [2.45, 2.75) is 18.9 Å². The lowest BCUT2D eigenvalue weighted by Crippen LogP contribution is -2.21. The first kappa shape index (κ1) is 11.4. The van der Waals surface area contributed by atoms with Gasteiger partial charge in [-0.1, -0.05) is 30.3 Å². The van der Waals surface area contributed by atoms with Gasteiger partial charge in [0.15, 0.2) is 0 Å². The summed E-state index contributed by atoms with van der Waals surface area (Å²) in [5.41, 5.74) is 2.61. The Hall–Kier alpha value is -2.42. The van der Waals surface area contributed by atoms with Crippen LogP contribution in [0.15, 0.2) is 59.5 Å². The molecule has 1 aromatic carbocycles. The molecule has 0 aliphatic heterocycles. The van der Waals surface area contributed by atoms with Crippen LogP contribution < -0.4 is 5.56 Å². The molecule has 0 unspecified atom stereocenters. The highest BCUT2D eigenvalue weighted by atomic mass is 16.1.